The Kier molecular flexibility index (Phi) is 5.36. The Labute approximate surface area is 129 Å². The third-order valence-electron chi connectivity index (χ3n) is 3.72. The number of benzene rings is 1. The van der Waals surface area contributed by atoms with Gasteiger partial charge in [0, 0.05) is 19.4 Å². The van der Waals surface area contributed by atoms with Crippen LogP contribution in [-0.4, -0.2) is 50.9 Å². The van der Waals surface area contributed by atoms with E-state index in [4.69, 9.17) is 14.2 Å². The van der Waals surface area contributed by atoms with Crippen molar-refractivity contribution in [2.75, 3.05) is 39.4 Å². The van der Waals surface area contributed by atoms with Crippen molar-refractivity contribution in [2.24, 2.45) is 0 Å². The Morgan fingerprint density at radius 2 is 2.14 bits per heavy atom. The summed E-state index contributed by atoms with van der Waals surface area (Å²) >= 11 is 1.85. The van der Waals surface area contributed by atoms with Crippen LogP contribution >= 0.6 is 11.8 Å². The fourth-order valence-electron chi connectivity index (χ4n) is 2.36. The van der Waals surface area contributed by atoms with Gasteiger partial charge in [-0.1, -0.05) is 6.07 Å². The fourth-order valence-corrected chi connectivity index (χ4v) is 3.76. The summed E-state index contributed by atoms with van der Waals surface area (Å²) in [6.45, 7) is 0.496. The molecule has 1 aliphatic heterocycles. The van der Waals surface area contributed by atoms with E-state index in [-0.39, 0.29) is 11.5 Å². The lowest BCUT2D eigenvalue weighted by Gasteiger charge is -2.27. The number of methoxy groups -OCH3 is 3. The van der Waals surface area contributed by atoms with Gasteiger partial charge in [0.2, 0.25) is 0 Å². The Balaban J connectivity index is 2.10. The fraction of sp³-hybridized carbons (Fsp3) is 0.533. The van der Waals surface area contributed by atoms with Gasteiger partial charge in [0.05, 0.1) is 25.4 Å². The minimum atomic E-state index is -0.258. The number of ether oxygens (including phenoxy) is 3. The van der Waals surface area contributed by atoms with Crippen LogP contribution in [0.25, 0.3) is 0 Å². The highest BCUT2D eigenvalue weighted by Gasteiger charge is 2.35. The highest BCUT2D eigenvalue weighted by molar-refractivity contribution is 7.99. The summed E-state index contributed by atoms with van der Waals surface area (Å²) in [5.74, 6) is 2.78. The van der Waals surface area contributed by atoms with Crippen LogP contribution in [0.2, 0.25) is 0 Å². The lowest BCUT2D eigenvalue weighted by atomic mass is 10.0. The molecule has 0 aromatic heterocycles. The van der Waals surface area contributed by atoms with Gasteiger partial charge in [-0.15, -0.1) is 0 Å². The molecule has 21 heavy (non-hydrogen) atoms. The second kappa shape index (κ2) is 7.04. The molecule has 1 aromatic rings. The summed E-state index contributed by atoms with van der Waals surface area (Å²) in [5.41, 5.74) is 0.209. The van der Waals surface area contributed by atoms with Crippen LogP contribution in [0.3, 0.4) is 0 Å². The van der Waals surface area contributed by atoms with Crippen LogP contribution in [0, 0.1) is 0 Å². The summed E-state index contributed by atoms with van der Waals surface area (Å²) in [6, 6.07) is 5.26. The van der Waals surface area contributed by atoms with Crippen molar-refractivity contribution in [1.29, 1.82) is 0 Å². The van der Waals surface area contributed by atoms with E-state index in [9.17, 15) is 4.79 Å². The van der Waals surface area contributed by atoms with Crippen molar-refractivity contribution >= 4 is 17.7 Å². The molecule has 1 aliphatic rings. The molecule has 5 nitrogen and oxygen atoms in total. The molecule has 116 valence electrons. The van der Waals surface area contributed by atoms with Gasteiger partial charge in [0.25, 0.3) is 5.91 Å². The Hall–Kier alpha value is -1.40. The Morgan fingerprint density at radius 1 is 1.33 bits per heavy atom. The molecule has 0 bridgehead atoms. The maximum Gasteiger partial charge on any atom is 0.255 e. The molecule has 0 radical (unpaired) electrons. The summed E-state index contributed by atoms with van der Waals surface area (Å²) in [5, 5.41) is 2.95. The number of amides is 1. The summed E-state index contributed by atoms with van der Waals surface area (Å²) in [7, 11) is 4.78. The number of para-hydroxylation sites is 1. The first-order valence-corrected chi connectivity index (χ1v) is 7.93. The molecule has 0 saturated carbocycles. The zero-order valence-corrected chi connectivity index (χ0v) is 13.4. The molecule has 0 aliphatic carbocycles. The molecule has 0 spiro atoms. The van der Waals surface area contributed by atoms with Gasteiger partial charge in [-0.25, -0.2) is 0 Å². The number of hydrogen-bond donors (Lipinski definition) is 1. The third-order valence-corrected chi connectivity index (χ3v) is 4.94. The Morgan fingerprint density at radius 3 is 2.71 bits per heavy atom. The van der Waals surface area contributed by atoms with Crippen LogP contribution in [0.5, 0.6) is 11.5 Å². The van der Waals surface area contributed by atoms with E-state index in [1.54, 1.807) is 32.4 Å². The number of nitrogens with one attached hydrogen (secondary N) is 1. The van der Waals surface area contributed by atoms with Crippen molar-refractivity contribution in [2.45, 2.75) is 12.0 Å². The first kappa shape index (κ1) is 16.0. The highest BCUT2D eigenvalue weighted by Crippen LogP contribution is 2.32. The second-order valence-corrected chi connectivity index (χ2v) is 6.02. The SMILES string of the molecule is COc1cccc(C(=O)NCC2(OC)CCSC2)c1OC. The number of thioether (sulfide) groups is 1. The molecule has 1 amide bonds. The van der Waals surface area contributed by atoms with E-state index in [0.29, 0.717) is 23.6 Å². The predicted octanol–water partition coefficient (Wildman–Crippen LogP) is 1.96. The zero-order valence-electron chi connectivity index (χ0n) is 12.6. The smallest absolute Gasteiger partial charge is 0.255 e. The van der Waals surface area contributed by atoms with Crippen molar-refractivity contribution in [3.63, 3.8) is 0 Å². The van der Waals surface area contributed by atoms with E-state index in [1.165, 1.54) is 7.11 Å². The topological polar surface area (TPSA) is 56.8 Å². The van der Waals surface area contributed by atoms with E-state index >= 15 is 0 Å². The minimum Gasteiger partial charge on any atom is -0.493 e. The molecule has 1 unspecified atom stereocenters. The van der Waals surface area contributed by atoms with Crippen LogP contribution in [0.4, 0.5) is 0 Å². The van der Waals surface area contributed by atoms with Gasteiger partial charge in [-0.2, -0.15) is 11.8 Å². The summed E-state index contributed by atoms with van der Waals surface area (Å²) in [6.07, 6.45) is 0.948. The van der Waals surface area contributed by atoms with Crippen LogP contribution in [0.1, 0.15) is 16.8 Å². The van der Waals surface area contributed by atoms with Gasteiger partial charge in [-0.05, 0) is 24.3 Å². The molecule has 1 saturated heterocycles. The van der Waals surface area contributed by atoms with E-state index in [0.717, 1.165) is 17.9 Å². The highest BCUT2D eigenvalue weighted by atomic mass is 32.2. The van der Waals surface area contributed by atoms with E-state index < -0.39 is 0 Å². The average Bonchev–Trinajstić information content (AvgIpc) is 3.01. The van der Waals surface area contributed by atoms with Crippen molar-refractivity contribution in [1.82, 2.24) is 5.32 Å². The molecule has 1 aromatic carbocycles. The lowest BCUT2D eigenvalue weighted by molar-refractivity contribution is 0.0137. The van der Waals surface area contributed by atoms with E-state index in [1.807, 2.05) is 11.8 Å². The standard InChI is InChI=1S/C15H21NO4S/c1-18-12-6-4-5-11(13(12)19-2)14(17)16-9-15(20-3)7-8-21-10-15/h4-6H,7-10H2,1-3H3,(H,16,17). The maximum atomic E-state index is 12.4. The number of hydrogen-bond acceptors (Lipinski definition) is 5. The normalized spacial score (nSPS) is 21.1. The monoisotopic (exact) mass is 311 g/mol. The number of rotatable bonds is 6. The van der Waals surface area contributed by atoms with Crippen LogP contribution < -0.4 is 14.8 Å². The van der Waals surface area contributed by atoms with Crippen molar-refractivity contribution in [3.05, 3.63) is 23.8 Å². The number of carbonyl (C=O) groups is 1. The molecule has 1 N–H and O–H groups in total. The van der Waals surface area contributed by atoms with Gasteiger partial charge in [0.1, 0.15) is 0 Å². The maximum absolute atomic E-state index is 12.4. The van der Waals surface area contributed by atoms with Gasteiger partial charge >= 0.3 is 0 Å². The summed E-state index contributed by atoms with van der Waals surface area (Å²) in [4.78, 5) is 12.4. The quantitative estimate of drug-likeness (QED) is 0.870. The minimum absolute atomic E-state index is 0.181. The zero-order chi connectivity index (χ0) is 15.3. The van der Waals surface area contributed by atoms with Gasteiger partial charge < -0.3 is 19.5 Å². The van der Waals surface area contributed by atoms with Crippen LogP contribution in [-0.2, 0) is 4.74 Å². The van der Waals surface area contributed by atoms with Crippen molar-refractivity contribution < 1.29 is 19.0 Å². The molecule has 1 fully saturated rings. The molecule has 2 rings (SSSR count). The largest absolute Gasteiger partial charge is 0.493 e. The van der Waals surface area contributed by atoms with Crippen molar-refractivity contribution in [3.8, 4) is 11.5 Å². The van der Waals surface area contributed by atoms with Gasteiger partial charge in [-0.3, -0.25) is 4.79 Å². The average molecular weight is 311 g/mol. The molecular weight excluding hydrogens is 290 g/mol. The molecule has 6 heteroatoms. The Bertz CT molecular complexity index is 500. The predicted molar refractivity (Wildman–Crippen MR) is 83.6 cm³/mol. The number of carbonyl (C=O) groups excluding carboxylic acids is 1. The molecule has 1 heterocycles. The first-order chi connectivity index (χ1) is 10.2. The second-order valence-electron chi connectivity index (χ2n) is 4.91. The molecular formula is C15H21NO4S. The van der Waals surface area contributed by atoms with Gasteiger partial charge in [0.15, 0.2) is 11.5 Å². The van der Waals surface area contributed by atoms with Crippen LogP contribution in [0.15, 0.2) is 18.2 Å². The molecule has 1 atom stereocenters. The summed E-state index contributed by atoms with van der Waals surface area (Å²) < 4.78 is 16.1. The third kappa shape index (κ3) is 3.44. The lowest BCUT2D eigenvalue weighted by Crippen LogP contribution is -2.44. The van der Waals surface area contributed by atoms with E-state index in [2.05, 4.69) is 5.32 Å². The first-order valence-electron chi connectivity index (χ1n) is 6.78.